The van der Waals surface area contributed by atoms with Crippen LogP contribution >= 0.6 is 11.8 Å². The Bertz CT molecular complexity index is 244. The largest absolute Gasteiger partial charge is 0.468 e. The summed E-state index contributed by atoms with van der Waals surface area (Å²) in [5, 5.41) is 0.566. The molecule has 1 saturated heterocycles. The summed E-state index contributed by atoms with van der Waals surface area (Å²) >= 11 is 1.97. The predicted octanol–water partition coefficient (Wildman–Crippen LogP) is 1.68. The molecule has 3 N–H and O–H groups in total. The van der Waals surface area contributed by atoms with E-state index in [1.807, 2.05) is 23.9 Å². The summed E-state index contributed by atoms with van der Waals surface area (Å²) in [6, 6.07) is 4.05. The molecule has 1 aliphatic rings. The molecular formula is C9H14N2OS. The van der Waals surface area contributed by atoms with Gasteiger partial charge in [-0.15, -0.1) is 0 Å². The van der Waals surface area contributed by atoms with E-state index in [4.69, 9.17) is 10.3 Å². The molecule has 1 aromatic heterocycles. The van der Waals surface area contributed by atoms with E-state index < -0.39 is 0 Å². The Balaban J connectivity index is 2.08. The van der Waals surface area contributed by atoms with Crippen LogP contribution in [0.2, 0.25) is 0 Å². The van der Waals surface area contributed by atoms with E-state index >= 15 is 0 Å². The number of thioether (sulfide) groups is 1. The number of hydrazine groups is 1. The second-order valence-electron chi connectivity index (χ2n) is 3.21. The summed E-state index contributed by atoms with van der Waals surface area (Å²) in [5.74, 6) is 7.71. The number of hydrogen-bond donors (Lipinski definition) is 2. The molecule has 4 heteroatoms. The fourth-order valence-corrected chi connectivity index (χ4v) is 3.08. The minimum Gasteiger partial charge on any atom is -0.468 e. The molecule has 0 saturated carbocycles. The zero-order valence-corrected chi connectivity index (χ0v) is 8.22. The van der Waals surface area contributed by atoms with Crippen LogP contribution in [0.15, 0.2) is 22.8 Å². The first-order valence-corrected chi connectivity index (χ1v) is 5.58. The van der Waals surface area contributed by atoms with Gasteiger partial charge in [-0.1, -0.05) is 0 Å². The van der Waals surface area contributed by atoms with Gasteiger partial charge in [0.25, 0.3) is 0 Å². The SMILES string of the molecule is NNC(c1ccco1)C1CCCS1. The molecule has 0 aliphatic carbocycles. The van der Waals surface area contributed by atoms with Gasteiger partial charge in [-0.3, -0.25) is 5.84 Å². The highest BCUT2D eigenvalue weighted by Gasteiger charge is 2.27. The Hall–Kier alpha value is -0.450. The summed E-state index contributed by atoms with van der Waals surface area (Å²) in [7, 11) is 0. The van der Waals surface area contributed by atoms with Crippen molar-refractivity contribution in [2.24, 2.45) is 5.84 Å². The van der Waals surface area contributed by atoms with Crippen LogP contribution in [-0.4, -0.2) is 11.0 Å². The topological polar surface area (TPSA) is 51.2 Å². The average Bonchev–Trinajstić information content (AvgIpc) is 2.76. The number of hydrogen-bond acceptors (Lipinski definition) is 4. The molecule has 0 spiro atoms. The standard InChI is InChI=1S/C9H14N2OS/c10-11-9(7-3-1-5-12-7)8-4-2-6-13-8/h1,3,5,8-9,11H,2,4,6,10H2. The lowest BCUT2D eigenvalue weighted by molar-refractivity contribution is 0.405. The second kappa shape index (κ2) is 4.17. The summed E-state index contributed by atoms with van der Waals surface area (Å²) < 4.78 is 5.34. The van der Waals surface area contributed by atoms with E-state index in [1.165, 1.54) is 18.6 Å². The second-order valence-corrected chi connectivity index (χ2v) is 4.56. The Kier molecular flexibility index (Phi) is 2.93. The molecular weight excluding hydrogens is 184 g/mol. The van der Waals surface area contributed by atoms with Gasteiger partial charge in [0, 0.05) is 5.25 Å². The molecule has 0 radical (unpaired) electrons. The van der Waals surface area contributed by atoms with Gasteiger partial charge >= 0.3 is 0 Å². The van der Waals surface area contributed by atoms with Crippen molar-refractivity contribution in [2.45, 2.75) is 24.1 Å². The quantitative estimate of drug-likeness (QED) is 0.573. The number of nitrogens with one attached hydrogen (secondary N) is 1. The Morgan fingerprint density at radius 1 is 1.69 bits per heavy atom. The number of furan rings is 1. The van der Waals surface area contributed by atoms with Crippen molar-refractivity contribution in [2.75, 3.05) is 5.75 Å². The molecule has 0 bridgehead atoms. The van der Waals surface area contributed by atoms with E-state index in [0.717, 1.165) is 5.76 Å². The van der Waals surface area contributed by atoms with Gasteiger partial charge in [0.05, 0.1) is 12.3 Å². The number of nitrogens with two attached hydrogens (primary N) is 1. The Morgan fingerprint density at radius 2 is 2.62 bits per heavy atom. The molecule has 2 rings (SSSR count). The summed E-state index contributed by atoms with van der Waals surface area (Å²) in [6.45, 7) is 0. The van der Waals surface area contributed by atoms with Gasteiger partial charge in [-0.25, -0.2) is 5.43 Å². The van der Waals surface area contributed by atoms with E-state index in [2.05, 4.69) is 5.43 Å². The van der Waals surface area contributed by atoms with Crippen LogP contribution in [0.3, 0.4) is 0 Å². The summed E-state index contributed by atoms with van der Waals surface area (Å²) in [5.41, 5.74) is 2.83. The maximum Gasteiger partial charge on any atom is 0.123 e. The zero-order chi connectivity index (χ0) is 9.10. The average molecular weight is 198 g/mol. The van der Waals surface area contributed by atoms with E-state index in [1.54, 1.807) is 6.26 Å². The first-order chi connectivity index (χ1) is 6.42. The molecule has 2 heterocycles. The zero-order valence-electron chi connectivity index (χ0n) is 7.40. The smallest absolute Gasteiger partial charge is 0.123 e. The monoisotopic (exact) mass is 198 g/mol. The van der Waals surface area contributed by atoms with Crippen LogP contribution < -0.4 is 11.3 Å². The van der Waals surface area contributed by atoms with Crippen LogP contribution in [0.25, 0.3) is 0 Å². The normalized spacial score (nSPS) is 24.8. The third-order valence-electron chi connectivity index (χ3n) is 2.37. The van der Waals surface area contributed by atoms with Crippen molar-refractivity contribution in [3.8, 4) is 0 Å². The van der Waals surface area contributed by atoms with E-state index in [9.17, 15) is 0 Å². The van der Waals surface area contributed by atoms with Gasteiger partial charge in [0.1, 0.15) is 5.76 Å². The van der Waals surface area contributed by atoms with Gasteiger partial charge < -0.3 is 4.42 Å². The highest BCUT2D eigenvalue weighted by Crippen LogP contribution is 2.35. The lowest BCUT2D eigenvalue weighted by Crippen LogP contribution is -2.33. The van der Waals surface area contributed by atoms with Crippen LogP contribution in [-0.2, 0) is 0 Å². The Morgan fingerprint density at radius 3 is 3.15 bits per heavy atom. The van der Waals surface area contributed by atoms with Gasteiger partial charge in [0.2, 0.25) is 0 Å². The predicted molar refractivity (Wildman–Crippen MR) is 54.3 cm³/mol. The van der Waals surface area contributed by atoms with E-state index in [-0.39, 0.29) is 6.04 Å². The maximum atomic E-state index is 5.52. The third kappa shape index (κ3) is 1.90. The molecule has 1 aliphatic heterocycles. The first kappa shape index (κ1) is 9.12. The fourth-order valence-electron chi connectivity index (χ4n) is 1.71. The van der Waals surface area contributed by atoms with Crippen LogP contribution in [0, 0.1) is 0 Å². The van der Waals surface area contributed by atoms with Crippen molar-refractivity contribution >= 4 is 11.8 Å². The van der Waals surface area contributed by atoms with Gasteiger partial charge in [0.15, 0.2) is 0 Å². The first-order valence-electron chi connectivity index (χ1n) is 4.53. The fraction of sp³-hybridized carbons (Fsp3) is 0.556. The highest BCUT2D eigenvalue weighted by atomic mass is 32.2. The molecule has 1 aromatic rings. The molecule has 13 heavy (non-hydrogen) atoms. The highest BCUT2D eigenvalue weighted by molar-refractivity contribution is 8.00. The van der Waals surface area contributed by atoms with Crippen LogP contribution in [0.5, 0.6) is 0 Å². The van der Waals surface area contributed by atoms with Crippen LogP contribution in [0.4, 0.5) is 0 Å². The van der Waals surface area contributed by atoms with Crippen molar-refractivity contribution in [3.05, 3.63) is 24.2 Å². The molecule has 0 aromatic carbocycles. The van der Waals surface area contributed by atoms with Crippen molar-refractivity contribution in [3.63, 3.8) is 0 Å². The number of rotatable bonds is 3. The molecule has 2 unspecified atom stereocenters. The lowest BCUT2D eigenvalue weighted by atomic mass is 10.1. The van der Waals surface area contributed by atoms with Crippen LogP contribution in [0.1, 0.15) is 24.6 Å². The summed E-state index contributed by atoms with van der Waals surface area (Å²) in [6.07, 6.45) is 4.20. The lowest BCUT2D eigenvalue weighted by Gasteiger charge is -2.19. The molecule has 1 fully saturated rings. The van der Waals surface area contributed by atoms with Crippen molar-refractivity contribution in [1.82, 2.24) is 5.43 Å². The third-order valence-corrected chi connectivity index (χ3v) is 3.83. The molecule has 0 amide bonds. The van der Waals surface area contributed by atoms with Gasteiger partial charge in [-0.2, -0.15) is 11.8 Å². The van der Waals surface area contributed by atoms with E-state index in [0.29, 0.717) is 5.25 Å². The molecule has 72 valence electrons. The maximum absolute atomic E-state index is 5.52. The summed E-state index contributed by atoms with van der Waals surface area (Å²) in [4.78, 5) is 0. The Labute approximate surface area is 82.0 Å². The van der Waals surface area contributed by atoms with Crippen molar-refractivity contribution in [1.29, 1.82) is 0 Å². The van der Waals surface area contributed by atoms with Crippen molar-refractivity contribution < 1.29 is 4.42 Å². The molecule has 2 atom stereocenters. The molecule has 3 nitrogen and oxygen atoms in total. The minimum atomic E-state index is 0.169. The minimum absolute atomic E-state index is 0.169. The van der Waals surface area contributed by atoms with Gasteiger partial charge in [-0.05, 0) is 30.7 Å².